The number of nitrogens with one attached hydrogen (secondary N) is 1. The molecule has 0 spiro atoms. The number of anilines is 1. The Morgan fingerprint density at radius 3 is 2.61 bits per heavy atom. The van der Waals surface area contributed by atoms with E-state index in [0.29, 0.717) is 25.3 Å². The van der Waals surface area contributed by atoms with E-state index in [9.17, 15) is 9.59 Å². The van der Waals surface area contributed by atoms with Crippen molar-refractivity contribution in [3.63, 3.8) is 0 Å². The van der Waals surface area contributed by atoms with Gasteiger partial charge in [0.25, 0.3) is 5.91 Å². The first-order valence-corrected chi connectivity index (χ1v) is 11.5. The van der Waals surface area contributed by atoms with Crippen LogP contribution in [0.1, 0.15) is 36.5 Å². The zero-order valence-corrected chi connectivity index (χ0v) is 18.6. The summed E-state index contributed by atoms with van der Waals surface area (Å²) in [7, 11) is 0. The quantitative estimate of drug-likeness (QED) is 0.647. The lowest BCUT2D eigenvalue weighted by atomic mass is 10.0. The van der Waals surface area contributed by atoms with Crippen LogP contribution in [-0.2, 0) is 4.79 Å². The molecule has 2 aromatic rings. The van der Waals surface area contributed by atoms with Crippen LogP contribution in [0.15, 0.2) is 41.1 Å². The summed E-state index contributed by atoms with van der Waals surface area (Å²) in [6.07, 6.45) is 1.89. The van der Waals surface area contributed by atoms with E-state index in [1.165, 1.54) is 11.3 Å². The number of amides is 2. The number of nitriles is 1. The molecule has 1 aliphatic heterocycles. The molecule has 1 aliphatic rings. The number of rotatable bonds is 9. The molecule has 1 saturated heterocycles. The summed E-state index contributed by atoms with van der Waals surface area (Å²) in [5.74, 6) is 0.694. The summed E-state index contributed by atoms with van der Waals surface area (Å²) in [6, 6.07) is 11.5. The van der Waals surface area contributed by atoms with Crippen molar-refractivity contribution in [3.05, 3.63) is 46.7 Å². The molecule has 31 heavy (non-hydrogen) atoms. The van der Waals surface area contributed by atoms with Crippen molar-refractivity contribution < 1.29 is 14.3 Å². The van der Waals surface area contributed by atoms with Gasteiger partial charge in [0.1, 0.15) is 5.75 Å². The Kier molecular flexibility index (Phi) is 8.44. The maximum Gasteiger partial charge on any atom is 0.252 e. The molecular weight excluding hydrogens is 412 g/mol. The van der Waals surface area contributed by atoms with Gasteiger partial charge in [-0.15, -0.1) is 0 Å². The molecule has 0 atom stereocenters. The van der Waals surface area contributed by atoms with Crippen LogP contribution in [-0.4, -0.2) is 55.5 Å². The summed E-state index contributed by atoms with van der Waals surface area (Å²) in [5, 5.41) is 15.8. The molecule has 2 heterocycles. The molecule has 0 aliphatic carbocycles. The largest absolute Gasteiger partial charge is 0.494 e. The number of ether oxygens (including phenoxy) is 1. The Balaban J connectivity index is 1.53. The molecule has 1 fully saturated rings. The van der Waals surface area contributed by atoms with Gasteiger partial charge >= 0.3 is 0 Å². The van der Waals surface area contributed by atoms with Gasteiger partial charge in [-0.25, -0.2) is 0 Å². The lowest BCUT2D eigenvalue weighted by Crippen LogP contribution is -2.48. The van der Waals surface area contributed by atoms with E-state index < -0.39 is 0 Å². The SMILES string of the molecule is CCOc1ccc(N(CCC#N)C(=O)CN2CCC(NC(=O)c3ccsc3)CC2)cc1. The second kappa shape index (κ2) is 11.5. The molecule has 3 rings (SSSR count). The molecule has 2 amide bonds. The second-order valence-electron chi connectivity index (χ2n) is 7.42. The highest BCUT2D eigenvalue weighted by Gasteiger charge is 2.25. The summed E-state index contributed by atoms with van der Waals surface area (Å²) in [6.45, 7) is 4.65. The van der Waals surface area contributed by atoms with Crippen molar-refractivity contribution in [2.45, 2.75) is 32.2 Å². The van der Waals surface area contributed by atoms with Crippen molar-refractivity contribution in [1.29, 1.82) is 5.26 Å². The Labute approximate surface area is 187 Å². The van der Waals surface area contributed by atoms with Gasteiger partial charge in [0, 0.05) is 42.3 Å². The van der Waals surface area contributed by atoms with Gasteiger partial charge < -0.3 is 15.0 Å². The average Bonchev–Trinajstić information content (AvgIpc) is 3.32. The average molecular weight is 441 g/mol. The molecule has 1 aromatic carbocycles. The van der Waals surface area contributed by atoms with E-state index in [2.05, 4.69) is 16.3 Å². The molecule has 1 N–H and O–H groups in total. The van der Waals surface area contributed by atoms with Gasteiger partial charge in [-0.1, -0.05) is 0 Å². The summed E-state index contributed by atoms with van der Waals surface area (Å²) in [4.78, 5) is 29.0. The number of likely N-dealkylation sites (tertiary alicyclic amines) is 1. The number of carbonyl (C=O) groups is 2. The third kappa shape index (κ3) is 6.54. The number of piperidine rings is 1. The zero-order valence-electron chi connectivity index (χ0n) is 17.8. The zero-order chi connectivity index (χ0) is 22.1. The number of hydrogen-bond acceptors (Lipinski definition) is 6. The van der Waals surface area contributed by atoms with E-state index >= 15 is 0 Å². The first-order chi connectivity index (χ1) is 15.1. The van der Waals surface area contributed by atoms with Crippen molar-refractivity contribution in [3.8, 4) is 11.8 Å². The third-order valence-electron chi connectivity index (χ3n) is 5.27. The van der Waals surface area contributed by atoms with E-state index in [1.54, 1.807) is 4.90 Å². The van der Waals surface area contributed by atoms with Crippen LogP contribution < -0.4 is 15.0 Å². The van der Waals surface area contributed by atoms with Crippen LogP contribution in [0.4, 0.5) is 5.69 Å². The maximum atomic E-state index is 13.0. The molecule has 8 heteroatoms. The minimum Gasteiger partial charge on any atom is -0.494 e. The predicted molar refractivity (Wildman–Crippen MR) is 121 cm³/mol. The molecular formula is C23H28N4O3S. The Morgan fingerprint density at radius 1 is 1.26 bits per heavy atom. The van der Waals surface area contributed by atoms with Crippen LogP contribution in [0.5, 0.6) is 5.75 Å². The van der Waals surface area contributed by atoms with Crippen molar-refractivity contribution in [2.24, 2.45) is 0 Å². The Morgan fingerprint density at radius 2 is 2.00 bits per heavy atom. The number of carbonyl (C=O) groups excluding carboxylic acids is 2. The van der Waals surface area contributed by atoms with Gasteiger partial charge in [0.15, 0.2) is 0 Å². The Hall–Kier alpha value is -2.89. The number of nitrogens with zero attached hydrogens (tertiary/aromatic N) is 3. The predicted octanol–water partition coefficient (Wildman–Crippen LogP) is 3.29. The van der Waals surface area contributed by atoms with Crippen LogP contribution >= 0.6 is 11.3 Å². The third-order valence-corrected chi connectivity index (χ3v) is 5.96. The Bertz CT molecular complexity index is 885. The van der Waals surface area contributed by atoms with E-state index in [4.69, 9.17) is 10.00 Å². The smallest absolute Gasteiger partial charge is 0.252 e. The van der Waals surface area contributed by atoms with Crippen molar-refractivity contribution in [2.75, 3.05) is 37.7 Å². The minimum atomic E-state index is -0.0334. The normalized spacial score (nSPS) is 14.6. The highest BCUT2D eigenvalue weighted by molar-refractivity contribution is 7.08. The molecule has 0 bridgehead atoms. The molecule has 164 valence electrons. The van der Waals surface area contributed by atoms with E-state index in [1.807, 2.05) is 48.0 Å². The molecule has 0 radical (unpaired) electrons. The summed E-state index contributed by atoms with van der Waals surface area (Å²) < 4.78 is 5.47. The van der Waals surface area contributed by atoms with Gasteiger partial charge in [-0.05, 0) is 55.5 Å². The second-order valence-corrected chi connectivity index (χ2v) is 8.20. The molecule has 1 aromatic heterocycles. The van der Waals surface area contributed by atoms with E-state index in [-0.39, 0.29) is 24.3 Å². The highest BCUT2D eigenvalue weighted by Crippen LogP contribution is 2.21. The number of thiophene rings is 1. The van der Waals surface area contributed by atoms with Crippen molar-refractivity contribution in [1.82, 2.24) is 10.2 Å². The van der Waals surface area contributed by atoms with E-state index in [0.717, 1.165) is 37.4 Å². The maximum absolute atomic E-state index is 13.0. The number of benzene rings is 1. The van der Waals surface area contributed by atoms with Gasteiger partial charge in [0.05, 0.1) is 25.6 Å². The van der Waals surface area contributed by atoms with Gasteiger partial charge in [-0.2, -0.15) is 16.6 Å². The first-order valence-electron chi connectivity index (χ1n) is 10.6. The van der Waals surface area contributed by atoms with Gasteiger partial charge in [0.2, 0.25) is 5.91 Å². The summed E-state index contributed by atoms with van der Waals surface area (Å²) in [5.41, 5.74) is 1.47. The fourth-order valence-corrected chi connectivity index (χ4v) is 4.26. The lowest BCUT2D eigenvalue weighted by molar-refractivity contribution is -0.120. The fourth-order valence-electron chi connectivity index (χ4n) is 3.62. The highest BCUT2D eigenvalue weighted by atomic mass is 32.1. The lowest BCUT2D eigenvalue weighted by Gasteiger charge is -2.33. The van der Waals surface area contributed by atoms with Crippen molar-refractivity contribution >= 4 is 28.8 Å². The van der Waals surface area contributed by atoms with Crippen LogP contribution in [0, 0.1) is 11.3 Å². The monoisotopic (exact) mass is 440 g/mol. The summed E-state index contributed by atoms with van der Waals surface area (Å²) >= 11 is 1.51. The van der Waals surface area contributed by atoms with Crippen LogP contribution in [0.2, 0.25) is 0 Å². The molecule has 7 nitrogen and oxygen atoms in total. The van der Waals surface area contributed by atoms with Crippen LogP contribution in [0.3, 0.4) is 0 Å². The molecule has 0 unspecified atom stereocenters. The fraction of sp³-hybridized carbons (Fsp3) is 0.435. The van der Waals surface area contributed by atoms with Crippen LogP contribution in [0.25, 0.3) is 0 Å². The topological polar surface area (TPSA) is 85.7 Å². The molecule has 0 saturated carbocycles. The van der Waals surface area contributed by atoms with Gasteiger partial charge in [-0.3, -0.25) is 14.5 Å². The number of hydrogen-bond donors (Lipinski definition) is 1. The first kappa shape index (κ1) is 22.8. The standard InChI is InChI=1S/C23H28N4O3S/c1-2-30-21-6-4-20(5-7-21)27(12-3-11-24)22(28)16-26-13-8-19(9-14-26)25-23(29)18-10-15-31-17-18/h4-7,10,15,17,19H,2-3,8-9,12-14,16H2,1H3,(H,25,29). The minimum absolute atomic E-state index is 0.0276.